The summed E-state index contributed by atoms with van der Waals surface area (Å²) >= 11 is 11.9. The van der Waals surface area contributed by atoms with E-state index in [0.29, 0.717) is 23.3 Å². The number of imidazole rings is 1. The van der Waals surface area contributed by atoms with Crippen molar-refractivity contribution in [3.05, 3.63) is 50.4 Å². The fraction of sp³-hybridized carbons (Fsp3) is 0.389. The number of nitrogens with one attached hydrogen (secondary N) is 2. The Bertz CT molecular complexity index is 1130. The standard InChI is InChI=1S/C18H20Cl2N6O2/c19-13-2-1-12(9-14(13)20)10-21-18-23-16-15(17(27)24-18)26(11-22-16)4-3-25-5-7-28-8-6-25/h1-2,9,11H,3-8,10H2,(H2,21,23,24,27)/i1D,2D. The van der Waals surface area contributed by atoms with Crippen LogP contribution in [0.2, 0.25) is 10.0 Å². The molecule has 0 unspecified atom stereocenters. The molecule has 0 radical (unpaired) electrons. The average molecular weight is 425 g/mol. The Morgan fingerprint density at radius 3 is 2.89 bits per heavy atom. The van der Waals surface area contributed by atoms with Crippen molar-refractivity contribution in [3.63, 3.8) is 0 Å². The highest BCUT2D eigenvalue weighted by Gasteiger charge is 2.14. The first-order valence-corrected chi connectivity index (χ1v) is 9.63. The van der Waals surface area contributed by atoms with Crippen molar-refractivity contribution in [2.45, 2.75) is 13.1 Å². The van der Waals surface area contributed by atoms with Crippen molar-refractivity contribution in [3.8, 4) is 0 Å². The predicted molar refractivity (Wildman–Crippen MR) is 109 cm³/mol. The van der Waals surface area contributed by atoms with Crippen LogP contribution < -0.4 is 10.9 Å². The average Bonchev–Trinajstić information content (AvgIpc) is 3.16. The maximum atomic E-state index is 12.6. The number of nitrogens with zero attached hydrogens (tertiary/aromatic N) is 4. The molecule has 1 saturated heterocycles. The number of ether oxygens (including phenoxy) is 1. The van der Waals surface area contributed by atoms with Crippen molar-refractivity contribution >= 4 is 40.3 Å². The first-order chi connectivity index (χ1) is 14.4. The maximum Gasteiger partial charge on any atom is 0.278 e. The van der Waals surface area contributed by atoms with Gasteiger partial charge in [0.25, 0.3) is 5.56 Å². The van der Waals surface area contributed by atoms with Gasteiger partial charge in [0.05, 0.1) is 32.3 Å². The number of hydrogen-bond acceptors (Lipinski definition) is 6. The van der Waals surface area contributed by atoms with Crippen molar-refractivity contribution in [1.29, 1.82) is 0 Å². The Labute approximate surface area is 174 Å². The first-order valence-electron chi connectivity index (χ1n) is 9.87. The van der Waals surface area contributed by atoms with Crippen LogP contribution in [-0.4, -0.2) is 57.3 Å². The molecule has 4 rings (SSSR count). The molecule has 1 aromatic carbocycles. The number of morpholine rings is 1. The van der Waals surface area contributed by atoms with Gasteiger partial charge in [0, 0.05) is 32.7 Å². The summed E-state index contributed by atoms with van der Waals surface area (Å²) in [6, 6.07) is 1.35. The minimum atomic E-state index is -0.302. The van der Waals surface area contributed by atoms with E-state index in [1.807, 2.05) is 0 Å². The summed E-state index contributed by atoms with van der Waals surface area (Å²) in [7, 11) is 0. The molecule has 2 N–H and O–H groups in total. The number of aromatic nitrogens is 4. The zero-order valence-corrected chi connectivity index (χ0v) is 16.5. The van der Waals surface area contributed by atoms with E-state index in [1.165, 1.54) is 6.07 Å². The number of halogens is 2. The van der Waals surface area contributed by atoms with Gasteiger partial charge in [-0.25, -0.2) is 4.98 Å². The van der Waals surface area contributed by atoms with Crippen molar-refractivity contribution < 1.29 is 7.48 Å². The highest BCUT2D eigenvalue weighted by molar-refractivity contribution is 6.42. The molecule has 148 valence electrons. The molecule has 1 aliphatic rings. The Balaban J connectivity index is 1.49. The fourth-order valence-corrected chi connectivity index (χ4v) is 3.32. The van der Waals surface area contributed by atoms with Crippen LogP contribution in [-0.2, 0) is 17.8 Å². The van der Waals surface area contributed by atoms with Crippen LogP contribution in [0.15, 0.2) is 29.3 Å². The number of rotatable bonds is 6. The molecule has 0 spiro atoms. The van der Waals surface area contributed by atoms with Crippen molar-refractivity contribution in [2.24, 2.45) is 0 Å². The lowest BCUT2D eigenvalue weighted by molar-refractivity contribution is 0.0365. The van der Waals surface area contributed by atoms with E-state index in [0.717, 1.165) is 32.8 Å². The first kappa shape index (κ1) is 16.8. The van der Waals surface area contributed by atoms with Crippen LogP contribution in [0, 0.1) is 0 Å². The largest absolute Gasteiger partial charge is 0.379 e. The molecule has 3 aromatic rings. The van der Waals surface area contributed by atoms with Crippen molar-refractivity contribution in [1.82, 2.24) is 24.4 Å². The van der Waals surface area contributed by atoms with Crippen LogP contribution in [0.3, 0.4) is 0 Å². The second-order valence-electron chi connectivity index (χ2n) is 6.41. The van der Waals surface area contributed by atoms with E-state index in [4.69, 9.17) is 30.7 Å². The van der Waals surface area contributed by atoms with Gasteiger partial charge in [-0.05, 0) is 17.7 Å². The van der Waals surface area contributed by atoms with Gasteiger partial charge >= 0.3 is 0 Å². The zero-order chi connectivity index (χ0) is 21.3. The highest BCUT2D eigenvalue weighted by Crippen LogP contribution is 2.22. The summed E-state index contributed by atoms with van der Waals surface area (Å²) in [5.74, 6) is 0.225. The zero-order valence-electron chi connectivity index (χ0n) is 17.0. The Morgan fingerprint density at radius 2 is 2.07 bits per heavy atom. The number of anilines is 1. The molecule has 8 nitrogen and oxygen atoms in total. The molecular formula is C18H20Cl2N6O2. The SMILES string of the molecule is [2H]c1c(CNc2nc3ncn(CCN4CCOCC4)c3c(=O)[nH]2)cc(Cl)c(Cl)c1[2H]. The van der Waals surface area contributed by atoms with Crippen LogP contribution >= 0.6 is 23.2 Å². The Morgan fingerprint density at radius 1 is 1.25 bits per heavy atom. The molecule has 10 heteroatoms. The molecule has 0 bridgehead atoms. The van der Waals surface area contributed by atoms with Crippen LogP contribution in [0.4, 0.5) is 5.95 Å². The lowest BCUT2D eigenvalue weighted by Crippen LogP contribution is -2.38. The molecule has 28 heavy (non-hydrogen) atoms. The van der Waals surface area contributed by atoms with Gasteiger partial charge in [-0.2, -0.15) is 4.98 Å². The maximum absolute atomic E-state index is 12.6. The second-order valence-corrected chi connectivity index (χ2v) is 7.20. The molecule has 2 aromatic heterocycles. The van der Waals surface area contributed by atoms with Gasteiger partial charge in [-0.15, -0.1) is 0 Å². The van der Waals surface area contributed by atoms with E-state index in [9.17, 15) is 4.79 Å². The molecule has 0 saturated carbocycles. The molecule has 3 heterocycles. The predicted octanol–water partition coefficient (Wildman–Crippen LogP) is 2.37. The number of benzene rings is 1. The van der Waals surface area contributed by atoms with Gasteiger partial charge in [-0.1, -0.05) is 29.2 Å². The number of fused-ring (bicyclic) bond motifs is 1. The van der Waals surface area contributed by atoms with Gasteiger partial charge in [-0.3, -0.25) is 14.7 Å². The third-order valence-electron chi connectivity index (χ3n) is 4.53. The summed E-state index contributed by atoms with van der Waals surface area (Å²) in [5, 5.41) is 3.20. The third-order valence-corrected chi connectivity index (χ3v) is 5.23. The van der Waals surface area contributed by atoms with Crippen LogP contribution in [0.1, 0.15) is 8.30 Å². The van der Waals surface area contributed by atoms with E-state index in [2.05, 4.69) is 25.2 Å². The topological polar surface area (TPSA) is 88.1 Å². The highest BCUT2D eigenvalue weighted by atomic mass is 35.5. The lowest BCUT2D eigenvalue weighted by Gasteiger charge is -2.26. The Hall–Kier alpha value is -2.13. The van der Waals surface area contributed by atoms with E-state index in [1.54, 1.807) is 10.9 Å². The molecular weight excluding hydrogens is 403 g/mol. The van der Waals surface area contributed by atoms with Crippen molar-refractivity contribution in [2.75, 3.05) is 38.2 Å². The molecule has 0 atom stereocenters. The van der Waals surface area contributed by atoms with Crippen LogP contribution in [0.5, 0.6) is 0 Å². The van der Waals surface area contributed by atoms with Gasteiger partial charge < -0.3 is 14.6 Å². The number of aromatic amines is 1. The number of hydrogen-bond donors (Lipinski definition) is 2. The third kappa shape index (κ3) is 4.30. The Kier molecular flexibility index (Phi) is 5.09. The fourth-order valence-electron chi connectivity index (χ4n) is 3.03. The molecule has 0 aliphatic carbocycles. The van der Waals surface area contributed by atoms with E-state index in [-0.39, 0.29) is 40.2 Å². The molecule has 1 aliphatic heterocycles. The molecule has 1 fully saturated rings. The van der Waals surface area contributed by atoms with Gasteiger partial charge in [0.1, 0.15) is 0 Å². The minimum Gasteiger partial charge on any atom is -0.379 e. The minimum absolute atomic E-state index is 0.0345. The van der Waals surface area contributed by atoms with Crippen LogP contribution in [0.25, 0.3) is 11.2 Å². The summed E-state index contributed by atoms with van der Waals surface area (Å²) < 4.78 is 23.0. The van der Waals surface area contributed by atoms with Gasteiger partial charge in [0.15, 0.2) is 11.2 Å². The summed E-state index contributed by atoms with van der Waals surface area (Å²) in [6.07, 6.45) is 1.62. The monoisotopic (exact) mass is 424 g/mol. The quantitative estimate of drug-likeness (QED) is 0.631. The normalized spacial score (nSPS) is 16.2. The van der Waals surface area contributed by atoms with Gasteiger partial charge in [0.2, 0.25) is 5.95 Å². The summed E-state index contributed by atoms with van der Waals surface area (Å²) in [5.41, 5.74) is 0.916. The summed E-state index contributed by atoms with van der Waals surface area (Å²) in [4.78, 5) is 26.2. The lowest BCUT2D eigenvalue weighted by atomic mass is 10.2. The molecule has 0 amide bonds. The number of H-pyrrole nitrogens is 1. The smallest absolute Gasteiger partial charge is 0.278 e. The second kappa shape index (κ2) is 8.48. The van der Waals surface area contributed by atoms with E-state index < -0.39 is 0 Å². The van der Waals surface area contributed by atoms with E-state index >= 15 is 0 Å². The summed E-state index contributed by atoms with van der Waals surface area (Å²) in [6.45, 7) is 4.78.